The van der Waals surface area contributed by atoms with Gasteiger partial charge < -0.3 is 4.42 Å². The highest BCUT2D eigenvalue weighted by molar-refractivity contribution is 5.79. The van der Waals surface area contributed by atoms with E-state index in [0.717, 1.165) is 10.9 Å². The van der Waals surface area contributed by atoms with Crippen LogP contribution in [0.2, 0.25) is 0 Å². The van der Waals surface area contributed by atoms with Gasteiger partial charge in [0.05, 0.1) is 0 Å². The summed E-state index contributed by atoms with van der Waals surface area (Å²) in [6, 6.07) is 18.8. The Bertz CT molecular complexity index is 862. The minimum atomic E-state index is -0.381. The van der Waals surface area contributed by atoms with Crippen LogP contribution in [0.3, 0.4) is 0 Å². The van der Waals surface area contributed by atoms with E-state index < -0.39 is 0 Å². The smallest absolute Gasteiger partial charge is 0.340 e. The molecule has 0 aliphatic rings. The fraction of sp³-hybridized carbons (Fsp3) is 0.158. The van der Waals surface area contributed by atoms with E-state index in [4.69, 9.17) is 4.42 Å². The molecule has 0 aliphatic carbocycles. The number of hydrogen-bond acceptors (Lipinski definition) is 3. The molecule has 0 bridgehead atoms. The molecule has 1 atom stereocenters. The second kappa shape index (κ2) is 5.98. The van der Waals surface area contributed by atoms with Gasteiger partial charge in [-0.2, -0.15) is 0 Å². The number of carbonyl (C=O) groups is 1. The Kier molecular flexibility index (Phi) is 3.88. The van der Waals surface area contributed by atoms with Gasteiger partial charge in [-0.15, -0.1) is 0 Å². The van der Waals surface area contributed by atoms with Crippen LogP contribution in [0.15, 0.2) is 69.9 Å². The van der Waals surface area contributed by atoms with E-state index in [0.29, 0.717) is 11.1 Å². The number of ketones is 1. The molecule has 3 heteroatoms. The zero-order chi connectivity index (χ0) is 15.5. The van der Waals surface area contributed by atoms with Gasteiger partial charge in [0.15, 0.2) is 0 Å². The van der Waals surface area contributed by atoms with Crippen molar-refractivity contribution in [2.75, 3.05) is 0 Å². The summed E-state index contributed by atoms with van der Waals surface area (Å²) in [5, 5.41) is 0.863. The van der Waals surface area contributed by atoms with E-state index in [9.17, 15) is 9.59 Å². The first-order chi connectivity index (χ1) is 10.6. The Morgan fingerprint density at radius 3 is 2.45 bits per heavy atom. The van der Waals surface area contributed by atoms with Gasteiger partial charge in [-0.1, -0.05) is 48.5 Å². The van der Waals surface area contributed by atoms with Gasteiger partial charge in [0.1, 0.15) is 11.4 Å². The molecular weight excluding hydrogens is 276 g/mol. The standard InChI is InChI=1S/C19H16O3/c1-13(20)11-16(14-7-3-2-4-8-14)17-12-15-9-5-6-10-18(15)22-19(17)21/h2-10,12,16H,11H2,1H3. The third-order valence-corrected chi connectivity index (χ3v) is 3.74. The molecule has 0 saturated carbocycles. The van der Waals surface area contributed by atoms with Crippen LogP contribution < -0.4 is 5.63 Å². The monoisotopic (exact) mass is 292 g/mol. The maximum Gasteiger partial charge on any atom is 0.340 e. The molecule has 3 rings (SSSR count). The van der Waals surface area contributed by atoms with Crippen LogP contribution in [-0.4, -0.2) is 5.78 Å². The number of fused-ring (bicyclic) bond motifs is 1. The van der Waals surface area contributed by atoms with Gasteiger partial charge in [0, 0.05) is 23.3 Å². The highest BCUT2D eigenvalue weighted by Crippen LogP contribution is 2.28. The third-order valence-electron chi connectivity index (χ3n) is 3.74. The summed E-state index contributed by atoms with van der Waals surface area (Å²) in [7, 11) is 0. The van der Waals surface area contributed by atoms with E-state index in [1.54, 1.807) is 13.0 Å². The summed E-state index contributed by atoms with van der Waals surface area (Å²) in [5.74, 6) is -0.235. The molecule has 1 aromatic heterocycles. The largest absolute Gasteiger partial charge is 0.423 e. The second-order valence-corrected chi connectivity index (χ2v) is 5.40. The van der Waals surface area contributed by atoms with E-state index in [1.165, 1.54) is 0 Å². The van der Waals surface area contributed by atoms with E-state index >= 15 is 0 Å². The lowest BCUT2D eigenvalue weighted by atomic mass is 9.88. The summed E-state index contributed by atoms with van der Waals surface area (Å²) in [4.78, 5) is 24.0. The predicted octanol–water partition coefficient (Wildman–Crippen LogP) is 3.90. The predicted molar refractivity (Wildman–Crippen MR) is 86.1 cm³/mol. The highest BCUT2D eigenvalue weighted by atomic mass is 16.4. The molecule has 3 aromatic rings. The maximum absolute atomic E-state index is 12.4. The van der Waals surface area contributed by atoms with Gasteiger partial charge in [-0.3, -0.25) is 4.79 Å². The lowest BCUT2D eigenvalue weighted by molar-refractivity contribution is -0.117. The van der Waals surface area contributed by atoms with Gasteiger partial charge in [0.25, 0.3) is 0 Å². The minimum Gasteiger partial charge on any atom is -0.423 e. The van der Waals surface area contributed by atoms with Crippen molar-refractivity contribution in [3.63, 3.8) is 0 Å². The number of para-hydroxylation sites is 1. The van der Waals surface area contributed by atoms with Crippen LogP contribution in [0.4, 0.5) is 0 Å². The molecule has 2 aromatic carbocycles. The molecule has 0 aliphatic heterocycles. The first-order valence-corrected chi connectivity index (χ1v) is 7.22. The molecule has 1 heterocycles. The Hall–Kier alpha value is -2.68. The van der Waals surface area contributed by atoms with Crippen LogP contribution in [0.5, 0.6) is 0 Å². The summed E-state index contributed by atoms with van der Waals surface area (Å²) >= 11 is 0. The molecule has 0 N–H and O–H groups in total. The Morgan fingerprint density at radius 1 is 1.05 bits per heavy atom. The van der Waals surface area contributed by atoms with Crippen LogP contribution in [-0.2, 0) is 4.79 Å². The van der Waals surface area contributed by atoms with Crippen molar-refractivity contribution in [2.45, 2.75) is 19.3 Å². The van der Waals surface area contributed by atoms with Crippen LogP contribution in [0, 0.1) is 0 Å². The molecule has 0 saturated heterocycles. The number of hydrogen-bond donors (Lipinski definition) is 0. The van der Waals surface area contributed by atoms with Gasteiger partial charge in [0.2, 0.25) is 0 Å². The molecule has 0 radical (unpaired) electrons. The summed E-state index contributed by atoms with van der Waals surface area (Å²) in [6.07, 6.45) is 0.285. The summed E-state index contributed by atoms with van der Waals surface area (Å²) in [6.45, 7) is 1.54. The van der Waals surface area contributed by atoms with E-state index in [-0.39, 0.29) is 23.7 Å². The topological polar surface area (TPSA) is 47.3 Å². The lowest BCUT2D eigenvalue weighted by Gasteiger charge is -2.15. The Labute approximate surface area is 128 Å². The van der Waals surface area contributed by atoms with Crippen molar-refractivity contribution < 1.29 is 9.21 Å². The zero-order valence-electron chi connectivity index (χ0n) is 12.3. The molecule has 22 heavy (non-hydrogen) atoms. The SMILES string of the molecule is CC(=O)CC(c1ccccc1)c1cc2ccccc2oc1=O. The first-order valence-electron chi connectivity index (χ1n) is 7.22. The van der Waals surface area contributed by atoms with E-state index in [1.807, 2.05) is 54.6 Å². The second-order valence-electron chi connectivity index (χ2n) is 5.40. The van der Waals surface area contributed by atoms with Crippen molar-refractivity contribution in [1.29, 1.82) is 0 Å². The molecule has 0 amide bonds. The maximum atomic E-state index is 12.4. The lowest BCUT2D eigenvalue weighted by Crippen LogP contribution is -2.16. The molecule has 0 spiro atoms. The minimum absolute atomic E-state index is 0.0430. The molecule has 3 nitrogen and oxygen atoms in total. The van der Waals surface area contributed by atoms with Gasteiger partial charge >= 0.3 is 5.63 Å². The molecule has 1 unspecified atom stereocenters. The molecular formula is C19H16O3. The van der Waals surface area contributed by atoms with E-state index in [2.05, 4.69) is 0 Å². The van der Waals surface area contributed by atoms with Gasteiger partial charge in [-0.05, 0) is 24.6 Å². The first kappa shape index (κ1) is 14.3. The number of Topliss-reactive ketones (excluding diaryl/α,β-unsaturated/α-hetero) is 1. The fourth-order valence-electron chi connectivity index (χ4n) is 2.70. The fourth-order valence-corrected chi connectivity index (χ4v) is 2.70. The quantitative estimate of drug-likeness (QED) is 0.685. The van der Waals surface area contributed by atoms with Crippen molar-refractivity contribution in [1.82, 2.24) is 0 Å². The van der Waals surface area contributed by atoms with Gasteiger partial charge in [-0.25, -0.2) is 4.79 Å². The van der Waals surface area contributed by atoms with Crippen LogP contribution >= 0.6 is 0 Å². The Balaban J connectivity index is 2.17. The molecule has 0 fully saturated rings. The van der Waals surface area contributed by atoms with Crippen LogP contribution in [0.1, 0.15) is 30.4 Å². The van der Waals surface area contributed by atoms with Crippen molar-refractivity contribution in [3.8, 4) is 0 Å². The number of benzene rings is 2. The van der Waals surface area contributed by atoms with Crippen molar-refractivity contribution >= 4 is 16.8 Å². The van der Waals surface area contributed by atoms with Crippen molar-refractivity contribution in [2.24, 2.45) is 0 Å². The average Bonchev–Trinajstić information content (AvgIpc) is 2.53. The Morgan fingerprint density at radius 2 is 1.73 bits per heavy atom. The summed E-state index contributed by atoms with van der Waals surface area (Å²) < 4.78 is 5.41. The highest BCUT2D eigenvalue weighted by Gasteiger charge is 2.20. The molecule has 110 valence electrons. The number of rotatable bonds is 4. The van der Waals surface area contributed by atoms with Crippen molar-refractivity contribution in [3.05, 3.63) is 82.2 Å². The third kappa shape index (κ3) is 2.84. The average molecular weight is 292 g/mol. The number of carbonyl (C=O) groups excluding carboxylic acids is 1. The zero-order valence-corrected chi connectivity index (χ0v) is 12.3. The summed E-state index contributed by atoms with van der Waals surface area (Å²) in [5.41, 5.74) is 1.65. The van der Waals surface area contributed by atoms with Crippen LogP contribution in [0.25, 0.3) is 11.0 Å². The normalized spacial score (nSPS) is 12.2.